The first kappa shape index (κ1) is 13.1. The van der Waals surface area contributed by atoms with Crippen LogP contribution in [0.1, 0.15) is 18.9 Å². The first-order valence-electron chi connectivity index (χ1n) is 5.39. The van der Waals surface area contributed by atoms with Crippen LogP contribution in [0.4, 0.5) is 4.39 Å². The van der Waals surface area contributed by atoms with Crippen LogP contribution in [0.15, 0.2) is 24.3 Å². The van der Waals surface area contributed by atoms with E-state index in [-0.39, 0.29) is 18.0 Å². The summed E-state index contributed by atoms with van der Waals surface area (Å²) in [7, 11) is 1.67. The largest absolute Gasteiger partial charge is 0.382 e. The Balaban J connectivity index is 2.56. The molecule has 0 aliphatic carbocycles. The van der Waals surface area contributed by atoms with Crippen LogP contribution >= 0.6 is 0 Å². The van der Waals surface area contributed by atoms with Crippen LogP contribution in [0.5, 0.6) is 0 Å². The average molecular weight is 226 g/mol. The maximum absolute atomic E-state index is 13.0. The maximum Gasteiger partial charge on any atom is 0.123 e. The fraction of sp³-hybridized carbons (Fsp3) is 0.500. The number of hydrogen-bond donors (Lipinski definition) is 2. The molecule has 3 N–H and O–H groups in total. The molecular weight excluding hydrogens is 207 g/mol. The molecule has 1 rings (SSSR count). The molecule has 1 aromatic carbocycles. The summed E-state index contributed by atoms with van der Waals surface area (Å²) in [5.74, 6) is 5.25. The Morgan fingerprint density at radius 2 is 2.25 bits per heavy atom. The molecule has 0 saturated carbocycles. The zero-order chi connectivity index (χ0) is 12.0. The van der Waals surface area contributed by atoms with E-state index in [2.05, 4.69) is 5.43 Å². The molecule has 16 heavy (non-hydrogen) atoms. The smallest absolute Gasteiger partial charge is 0.123 e. The van der Waals surface area contributed by atoms with Gasteiger partial charge in [0, 0.05) is 13.2 Å². The van der Waals surface area contributed by atoms with Gasteiger partial charge in [-0.15, -0.1) is 0 Å². The van der Waals surface area contributed by atoms with Crippen molar-refractivity contribution in [3.63, 3.8) is 0 Å². The Hall–Kier alpha value is -0.970. The molecule has 0 aromatic heterocycles. The molecule has 0 fully saturated rings. The van der Waals surface area contributed by atoms with Crippen LogP contribution in [0.3, 0.4) is 0 Å². The number of nitrogens with two attached hydrogens (primary N) is 1. The van der Waals surface area contributed by atoms with Crippen molar-refractivity contribution >= 4 is 0 Å². The monoisotopic (exact) mass is 226 g/mol. The number of benzene rings is 1. The zero-order valence-electron chi connectivity index (χ0n) is 9.74. The van der Waals surface area contributed by atoms with Gasteiger partial charge in [0.05, 0.1) is 6.10 Å². The number of rotatable bonds is 6. The summed E-state index contributed by atoms with van der Waals surface area (Å²) in [5.41, 5.74) is 3.67. The van der Waals surface area contributed by atoms with Gasteiger partial charge in [-0.25, -0.2) is 4.39 Å². The second kappa shape index (κ2) is 6.58. The van der Waals surface area contributed by atoms with E-state index in [1.54, 1.807) is 13.2 Å². The highest BCUT2D eigenvalue weighted by Gasteiger charge is 2.12. The first-order valence-corrected chi connectivity index (χ1v) is 5.39. The Labute approximate surface area is 95.8 Å². The van der Waals surface area contributed by atoms with Crippen molar-refractivity contribution in [2.45, 2.75) is 31.9 Å². The van der Waals surface area contributed by atoms with Gasteiger partial charge in [-0.2, -0.15) is 0 Å². The lowest BCUT2D eigenvalue weighted by Gasteiger charge is -2.19. The molecule has 0 amide bonds. The van der Waals surface area contributed by atoms with E-state index in [9.17, 15) is 4.39 Å². The van der Waals surface area contributed by atoms with E-state index in [1.807, 2.05) is 13.0 Å². The number of hydrazine groups is 1. The molecule has 0 aliphatic rings. The molecule has 0 saturated heterocycles. The van der Waals surface area contributed by atoms with E-state index in [0.717, 1.165) is 12.0 Å². The summed E-state index contributed by atoms with van der Waals surface area (Å²) in [4.78, 5) is 0. The summed E-state index contributed by atoms with van der Waals surface area (Å²) < 4.78 is 18.1. The number of nitrogens with one attached hydrogen (secondary N) is 1. The van der Waals surface area contributed by atoms with E-state index >= 15 is 0 Å². The Bertz CT molecular complexity index is 320. The van der Waals surface area contributed by atoms with Gasteiger partial charge < -0.3 is 4.74 Å². The third kappa shape index (κ3) is 4.26. The highest BCUT2D eigenvalue weighted by atomic mass is 19.1. The normalized spacial score (nSPS) is 14.8. The predicted octanol–water partition coefficient (Wildman–Crippen LogP) is 1.63. The lowest BCUT2D eigenvalue weighted by molar-refractivity contribution is 0.100. The fourth-order valence-electron chi connectivity index (χ4n) is 1.66. The van der Waals surface area contributed by atoms with Crippen molar-refractivity contribution in [2.75, 3.05) is 7.11 Å². The van der Waals surface area contributed by atoms with Crippen molar-refractivity contribution in [3.05, 3.63) is 35.6 Å². The van der Waals surface area contributed by atoms with E-state index in [4.69, 9.17) is 10.6 Å². The lowest BCUT2D eigenvalue weighted by Crippen LogP contribution is -2.39. The molecule has 4 heteroatoms. The summed E-state index contributed by atoms with van der Waals surface area (Å²) in [6.07, 6.45) is 1.63. The second-order valence-electron chi connectivity index (χ2n) is 3.98. The van der Waals surface area contributed by atoms with Crippen molar-refractivity contribution in [1.82, 2.24) is 5.43 Å². The van der Waals surface area contributed by atoms with E-state index in [1.165, 1.54) is 12.1 Å². The van der Waals surface area contributed by atoms with Crippen molar-refractivity contribution < 1.29 is 9.13 Å². The van der Waals surface area contributed by atoms with Crippen molar-refractivity contribution in [1.29, 1.82) is 0 Å². The van der Waals surface area contributed by atoms with Crippen molar-refractivity contribution in [3.8, 4) is 0 Å². The van der Waals surface area contributed by atoms with Gasteiger partial charge in [0.1, 0.15) is 5.82 Å². The molecule has 90 valence electrons. The van der Waals surface area contributed by atoms with Gasteiger partial charge in [-0.3, -0.25) is 11.3 Å². The van der Waals surface area contributed by atoms with Crippen LogP contribution in [0.25, 0.3) is 0 Å². The third-order valence-electron chi connectivity index (χ3n) is 2.63. The summed E-state index contributed by atoms with van der Waals surface area (Å²) in [5, 5.41) is 0. The van der Waals surface area contributed by atoms with Gasteiger partial charge in [0.25, 0.3) is 0 Å². The number of ether oxygens (including phenoxy) is 1. The molecule has 3 nitrogen and oxygen atoms in total. The zero-order valence-corrected chi connectivity index (χ0v) is 9.74. The van der Waals surface area contributed by atoms with Crippen molar-refractivity contribution in [2.24, 2.45) is 5.84 Å². The van der Waals surface area contributed by atoms with Crippen LogP contribution in [-0.2, 0) is 11.2 Å². The molecule has 0 bridgehead atoms. The Morgan fingerprint density at radius 1 is 1.50 bits per heavy atom. The quantitative estimate of drug-likeness (QED) is 0.572. The molecule has 1 aromatic rings. The standard InChI is InChI=1S/C12H19FN2O/c1-9(16-2)6-12(15-14)8-10-4-3-5-11(13)7-10/h3-5,7,9,12,15H,6,8,14H2,1-2H3. The minimum absolute atomic E-state index is 0.0942. The minimum Gasteiger partial charge on any atom is -0.382 e. The van der Waals surface area contributed by atoms with Crippen LogP contribution in [-0.4, -0.2) is 19.3 Å². The molecule has 0 radical (unpaired) electrons. The predicted molar refractivity (Wildman–Crippen MR) is 62.3 cm³/mol. The molecule has 0 heterocycles. The Morgan fingerprint density at radius 3 is 2.81 bits per heavy atom. The Kier molecular flexibility index (Phi) is 5.38. The van der Waals surface area contributed by atoms with Crippen LogP contribution in [0, 0.1) is 5.82 Å². The fourth-order valence-corrected chi connectivity index (χ4v) is 1.66. The highest BCUT2D eigenvalue weighted by molar-refractivity contribution is 5.17. The van der Waals surface area contributed by atoms with Gasteiger partial charge in [0.15, 0.2) is 0 Å². The molecule has 0 spiro atoms. The maximum atomic E-state index is 13.0. The minimum atomic E-state index is -0.215. The molecule has 0 aliphatic heterocycles. The van der Waals surface area contributed by atoms with Gasteiger partial charge >= 0.3 is 0 Å². The number of hydrogen-bond acceptors (Lipinski definition) is 3. The van der Waals surface area contributed by atoms with E-state index < -0.39 is 0 Å². The summed E-state index contributed by atoms with van der Waals surface area (Å²) in [6.45, 7) is 1.98. The topological polar surface area (TPSA) is 47.3 Å². The highest BCUT2D eigenvalue weighted by Crippen LogP contribution is 2.10. The molecular formula is C12H19FN2O. The summed E-state index contributed by atoms with van der Waals surface area (Å²) in [6, 6.07) is 6.66. The molecule has 2 unspecified atom stereocenters. The average Bonchev–Trinajstić information content (AvgIpc) is 2.28. The first-order chi connectivity index (χ1) is 7.65. The van der Waals surface area contributed by atoms with Crippen LogP contribution < -0.4 is 11.3 Å². The summed E-state index contributed by atoms with van der Waals surface area (Å²) >= 11 is 0. The van der Waals surface area contributed by atoms with Gasteiger partial charge in [-0.1, -0.05) is 12.1 Å². The van der Waals surface area contributed by atoms with E-state index in [0.29, 0.717) is 6.42 Å². The van der Waals surface area contributed by atoms with Gasteiger partial charge in [-0.05, 0) is 37.5 Å². The second-order valence-corrected chi connectivity index (χ2v) is 3.98. The number of halogens is 1. The SMILES string of the molecule is COC(C)CC(Cc1cccc(F)c1)NN. The molecule has 2 atom stereocenters. The van der Waals surface area contributed by atoms with Crippen LogP contribution in [0.2, 0.25) is 0 Å². The number of methoxy groups -OCH3 is 1. The third-order valence-corrected chi connectivity index (χ3v) is 2.63. The van der Waals surface area contributed by atoms with Gasteiger partial charge in [0.2, 0.25) is 0 Å². The lowest BCUT2D eigenvalue weighted by atomic mass is 10.0.